The Morgan fingerprint density at radius 2 is 2.00 bits per heavy atom. The van der Waals surface area contributed by atoms with Crippen molar-refractivity contribution in [2.75, 3.05) is 5.73 Å². The monoisotopic (exact) mass is 284 g/mol. The molecule has 0 aliphatic carbocycles. The Hall–Kier alpha value is -2.81. The third-order valence-electron chi connectivity index (χ3n) is 3.19. The van der Waals surface area contributed by atoms with Gasteiger partial charge in [-0.25, -0.2) is 4.79 Å². The first-order valence-corrected chi connectivity index (χ1v) is 6.66. The molecule has 0 saturated carbocycles. The van der Waals surface area contributed by atoms with Crippen molar-refractivity contribution in [2.45, 2.75) is 26.4 Å². The molecule has 2 aromatic rings. The number of benzene rings is 1. The van der Waals surface area contributed by atoms with Gasteiger partial charge in [0.05, 0.1) is 18.2 Å². The molecular weight excluding hydrogens is 268 g/mol. The number of rotatable bonds is 4. The fraction of sp³-hybridized carbons (Fsp3) is 0.267. The summed E-state index contributed by atoms with van der Waals surface area (Å²) in [7, 11) is 0. The largest absolute Gasteiger partial charge is 0.393 e. The van der Waals surface area contributed by atoms with Gasteiger partial charge in [0.1, 0.15) is 5.69 Å². The fourth-order valence-electron chi connectivity index (χ4n) is 2.15. The Kier molecular flexibility index (Phi) is 4.24. The Labute approximate surface area is 121 Å². The first kappa shape index (κ1) is 14.6. The summed E-state index contributed by atoms with van der Waals surface area (Å²) in [6.07, 6.45) is 2.13. The highest BCUT2D eigenvalue weighted by Gasteiger charge is 2.11. The third-order valence-corrected chi connectivity index (χ3v) is 3.19. The molecule has 1 aromatic heterocycles. The molecule has 6 heteroatoms. The molecule has 6 nitrogen and oxygen atoms in total. The van der Waals surface area contributed by atoms with Crippen molar-refractivity contribution in [3.8, 4) is 6.07 Å². The second kappa shape index (κ2) is 6.09. The SMILES string of the molecule is CCCn1cc(N)c(=O)n(Cc2ccccc2C#N)c1=O. The minimum atomic E-state index is -0.528. The van der Waals surface area contributed by atoms with Crippen molar-refractivity contribution < 1.29 is 0 Å². The van der Waals surface area contributed by atoms with E-state index in [9.17, 15) is 9.59 Å². The van der Waals surface area contributed by atoms with E-state index in [0.29, 0.717) is 17.7 Å². The van der Waals surface area contributed by atoms with E-state index >= 15 is 0 Å². The Morgan fingerprint density at radius 1 is 1.29 bits per heavy atom. The van der Waals surface area contributed by atoms with E-state index < -0.39 is 11.2 Å². The molecule has 0 fully saturated rings. The fourth-order valence-corrected chi connectivity index (χ4v) is 2.15. The number of hydrogen-bond acceptors (Lipinski definition) is 4. The van der Waals surface area contributed by atoms with Crippen LogP contribution >= 0.6 is 0 Å². The molecule has 0 aliphatic rings. The zero-order valence-electron chi connectivity index (χ0n) is 11.7. The zero-order valence-corrected chi connectivity index (χ0v) is 11.7. The molecular formula is C15H16N4O2. The van der Waals surface area contributed by atoms with Crippen LogP contribution in [-0.2, 0) is 13.1 Å². The molecule has 2 N–H and O–H groups in total. The predicted molar refractivity (Wildman–Crippen MR) is 79.9 cm³/mol. The van der Waals surface area contributed by atoms with E-state index in [1.807, 2.05) is 6.92 Å². The van der Waals surface area contributed by atoms with E-state index in [1.165, 1.54) is 10.8 Å². The number of aryl methyl sites for hydroxylation is 1. The van der Waals surface area contributed by atoms with Gasteiger partial charge in [-0.15, -0.1) is 0 Å². The molecule has 2 rings (SSSR count). The van der Waals surface area contributed by atoms with Gasteiger partial charge in [-0.05, 0) is 18.1 Å². The lowest BCUT2D eigenvalue weighted by atomic mass is 10.1. The van der Waals surface area contributed by atoms with E-state index in [-0.39, 0.29) is 12.2 Å². The molecule has 0 aliphatic heterocycles. The first-order valence-electron chi connectivity index (χ1n) is 6.66. The quantitative estimate of drug-likeness (QED) is 0.903. The molecule has 0 radical (unpaired) electrons. The van der Waals surface area contributed by atoms with Gasteiger partial charge in [0, 0.05) is 12.7 Å². The van der Waals surface area contributed by atoms with Crippen LogP contribution in [-0.4, -0.2) is 9.13 Å². The summed E-state index contributed by atoms with van der Waals surface area (Å²) in [6, 6.07) is 8.92. The Morgan fingerprint density at radius 3 is 2.67 bits per heavy atom. The Bertz CT molecular complexity index is 812. The highest BCUT2D eigenvalue weighted by Crippen LogP contribution is 2.08. The summed E-state index contributed by atoms with van der Waals surface area (Å²) in [5.41, 5.74) is 5.83. The highest BCUT2D eigenvalue weighted by atomic mass is 16.2. The van der Waals surface area contributed by atoms with Crippen molar-refractivity contribution >= 4 is 5.69 Å². The maximum atomic E-state index is 12.3. The van der Waals surface area contributed by atoms with Gasteiger partial charge >= 0.3 is 5.69 Å². The molecule has 0 unspecified atom stereocenters. The lowest BCUT2D eigenvalue weighted by Gasteiger charge is -2.11. The molecule has 0 atom stereocenters. The van der Waals surface area contributed by atoms with Crippen LogP contribution in [0, 0.1) is 11.3 Å². The molecule has 0 amide bonds. The predicted octanol–water partition coefficient (Wildman–Crippen LogP) is 0.922. The van der Waals surface area contributed by atoms with Gasteiger partial charge < -0.3 is 5.73 Å². The number of aromatic nitrogens is 2. The molecule has 0 bridgehead atoms. The average Bonchev–Trinajstić information content (AvgIpc) is 2.49. The van der Waals surface area contributed by atoms with E-state index in [1.54, 1.807) is 24.3 Å². The van der Waals surface area contributed by atoms with Crippen LogP contribution < -0.4 is 17.0 Å². The van der Waals surface area contributed by atoms with Crippen LogP contribution in [0.2, 0.25) is 0 Å². The third kappa shape index (κ3) is 2.87. The maximum absolute atomic E-state index is 12.3. The van der Waals surface area contributed by atoms with Crippen LogP contribution in [0.5, 0.6) is 0 Å². The summed E-state index contributed by atoms with van der Waals surface area (Å²) < 4.78 is 2.49. The van der Waals surface area contributed by atoms with E-state index in [2.05, 4.69) is 6.07 Å². The molecule has 0 spiro atoms. The van der Waals surface area contributed by atoms with Gasteiger partial charge in [0.2, 0.25) is 0 Å². The van der Waals surface area contributed by atoms with Crippen LogP contribution in [0.3, 0.4) is 0 Å². The van der Waals surface area contributed by atoms with Gasteiger partial charge in [-0.3, -0.25) is 13.9 Å². The second-order valence-corrected chi connectivity index (χ2v) is 4.72. The van der Waals surface area contributed by atoms with Crippen molar-refractivity contribution in [3.63, 3.8) is 0 Å². The lowest BCUT2D eigenvalue weighted by molar-refractivity contribution is 0.573. The molecule has 1 heterocycles. The maximum Gasteiger partial charge on any atom is 0.331 e. The number of anilines is 1. The second-order valence-electron chi connectivity index (χ2n) is 4.72. The Balaban J connectivity index is 2.57. The summed E-state index contributed by atoms with van der Waals surface area (Å²) in [5.74, 6) is 0. The van der Waals surface area contributed by atoms with Crippen molar-refractivity contribution in [1.29, 1.82) is 5.26 Å². The van der Waals surface area contributed by atoms with Crippen LogP contribution in [0.1, 0.15) is 24.5 Å². The van der Waals surface area contributed by atoms with Gasteiger partial charge in [-0.1, -0.05) is 25.1 Å². The smallest absolute Gasteiger partial charge is 0.331 e. The summed E-state index contributed by atoms with van der Waals surface area (Å²) in [4.78, 5) is 24.4. The average molecular weight is 284 g/mol. The number of nitriles is 1. The molecule has 21 heavy (non-hydrogen) atoms. The number of hydrogen-bond donors (Lipinski definition) is 1. The minimum Gasteiger partial charge on any atom is -0.393 e. The number of nitrogens with two attached hydrogens (primary N) is 1. The van der Waals surface area contributed by atoms with Gasteiger partial charge in [-0.2, -0.15) is 5.26 Å². The van der Waals surface area contributed by atoms with Crippen LogP contribution in [0.25, 0.3) is 0 Å². The number of nitrogens with zero attached hydrogens (tertiary/aromatic N) is 3. The van der Waals surface area contributed by atoms with E-state index in [0.717, 1.165) is 11.0 Å². The topological polar surface area (TPSA) is 93.8 Å². The zero-order chi connectivity index (χ0) is 15.4. The van der Waals surface area contributed by atoms with Crippen LogP contribution in [0.15, 0.2) is 40.1 Å². The lowest BCUT2D eigenvalue weighted by Crippen LogP contribution is -2.41. The van der Waals surface area contributed by atoms with Crippen molar-refractivity contribution in [2.24, 2.45) is 0 Å². The standard InChI is InChI=1S/C15H16N4O2/c1-2-7-18-10-13(17)14(20)19(15(18)21)9-12-6-4-3-5-11(12)8-16/h3-6,10H,2,7,9,17H2,1H3. The summed E-state index contributed by atoms with van der Waals surface area (Å²) in [5, 5.41) is 9.08. The normalized spacial score (nSPS) is 10.3. The van der Waals surface area contributed by atoms with Gasteiger partial charge in [0.25, 0.3) is 5.56 Å². The number of nitrogen functional groups attached to an aromatic ring is 1. The summed E-state index contributed by atoms with van der Waals surface area (Å²) >= 11 is 0. The molecule has 0 saturated heterocycles. The van der Waals surface area contributed by atoms with Crippen molar-refractivity contribution in [3.05, 3.63) is 62.4 Å². The first-order chi connectivity index (χ1) is 10.1. The highest BCUT2D eigenvalue weighted by molar-refractivity contribution is 5.38. The van der Waals surface area contributed by atoms with E-state index in [4.69, 9.17) is 11.0 Å². The van der Waals surface area contributed by atoms with Crippen LogP contribution in [0.4, 0.5) is 5.69 Å². The van der Waals surface area contributed by atoms with Crippen molar-refractivity contribution in [1.82, 2.24) is 9.13 Å². The minimum absolute atomic E-state index is 0.0255. The molecule has 1 aromatic carbocycles. The summed E-state index contributed by atoms with van der Waals surface area (Å²) in [6.45, 7) is 2.46. The van der Waals surface area contributed by atoms with Gasteiger partial charge in [0.15, 0.2) is 0 Å². The molecule has 108 valence electrons.